The Morgan fingerprint density at radius 3 is 2.62 bits per heavy atom. The van der Waals surface area contributed by atoms with Gasteiger partial charge in [0.15, 0.2) is 0 Å². The first-order valence-electron chi connectivity index (χ1n) is 7.81. The summed E-state index contributed by atoms with van der Waals surface area (Å²) in [7, 11) is 0. The van der Waals surface area contributed by atoms with Gasteiger partial charge in [-0.2, -0.15) is 5.10 Å². The van der Waals surface area contributed by atoms with E-state index in [-0.39, 0.29) is 5.22 Å². The van der Waals surface area contributed by atoms with Gasteiger partial charge in [-0.3, -0.25) is 0 Å². The summed E-state index contributed by atoms with van der Waals surface area (Å²) in [6, 6.07) is 10.5. The van der Waals surface area contributed by atoms with Crippen LogP contribution in [-0.4, -0.2) is 15.2 Å². The Kier molecular flexibility index (Phi) is 3.04. The van der Waals surface area contributed by atoms with Gasteiger partial charge < -0.3 is 5.32 Å². The molecule has 3 nitrogen and oxygen atoms in total. The second-order valence-corrected chi connectivity index (χ2v) is 6.62. The number of nitrogens with one attached hydrogen (secondary N) is 1. The summed E-state index contributed by atoms with van der Waals surface area (Å²) >= 11 is 0. The fraction of sp³-hybridized carbons (Fsp3) is 0.211. The van der Waals surface area contributed by atoms with Gasteiger partial charge in [0.1, 0.15) is 11.6 Å². The molecule has 1 aliphatic heterocycles. The Hall–Kier alpha value is -2.69. The third kappa shape index (κ3) is 1.97. The molecule has 0 fully saturated rings. The fourth-order valence-electron chi connectivity index (χ4n) is 3.26. The lowest BCUT2D eigenvalue weighted by Gasteiger charge is -2.31. The third-order valence-corrected chi connectivity index (χ3v) is 4.49. The largest absolute Gasteiger partial charge is 0.373 e. The van der Waals surface area contributed by atoms with Crippen molar-refractivity contribution in [3.8, 4) is 0 Å². The summed E-state index contributed by atoms with van der Waals surface area (Å²) in [5.74, 6) is -1.04. The van der Waals surface area contributed by atoms with E-state index in [1.54, 1.807) is 32.2 Å². The average Bonchev–Trinajstić information content (AvgIpc) is 2.96. The van der Waals surface area contributed by atoms with Gasteiger partial charge in [0.05, 0.1) is 28.2 Å². The fourth-order valence-corrected chi connectivity index (χ4v) is 3.26. The molecule has 0 unspecified atom stereocenters. The molecule has 5 heteroatoms. The predicted octanol–water partition coefficient (Wildman–Crippen LogP) is 2.40. The number of pyridine rings is 1. The second-order valence-electron chi connectivity index (χ2n) is 6.62. The van der Waals surface area contributed by atoms with Crippen LogP contribution in [0.2, 0.25) is 0 Å². The Balaban J connectivity index is 2.17. The predicted molar refractivity (Wildman–Crippen MR) is 89.8 cm³/mol. The molecule has 0 amide bonds. The maximum atomic E-state index is 14.8. The molecule has 1 aliphatic rings. The summed E-state index contributed by atoms with van der Waals surface area (Å²) in [6.45, 7) is 5.37. The Morgan fingerprint density at radius 2 is 1.83 bits per heavy atom. The maximum Gasteiger partial charge on any atom is 0.135 e. The molecule has 1 N–H and O–H groups in total. The lowest BCUT2D eigenvalue weighted by atomic mass is 9.93. The van der Waals surface area contributed by atoms with Crippen LogP contribution in [0.25, 0.3) is 17.0 Å². The molecule has 0 atom stereocenters. The minimum absolute atomic E-state index is 0.0308. The summed E-state index contributed by atoms with van der Waals surface area (Å²) in [5, 5.41) is 8.19. The summed E-state index contributed by atoms with van der Waals surface area (Å²) in [6.07, 6.45) is 1.73. The van der Waals surface area contributed by atoms with Gasteiger partial charge >= 0.3 is 0 Å². The van der Waals surface area contributed by atoms with Crippen LogP contribution >= 0.6 is 0 Å². The first-order chi connectivity index (χ1) is 11.4. The molecule has 0 radical (unpaired) electrons. The van der Waals surface area contributed by atoms with Crippen LogP contribution in [0, 0.1) is 12.7 Å². The third-order valence-electron chi connectivity index (χ3n) is 4.49. The second kappa shape index (κ2) is 4.90. The van der Waals surface area contributed by atoms with Crippen molar-refractivity contribution in [3.05, 3.63) is 70.1 Å². The highest BCUT2D eigenvalue weighted by molar-refractivity contribution is 5.79. The van der Waals surface area contributed by atoms with Crippen molar-refractivity contribution in [1.29, 1.82) is 0 Å². The molecule has 3 heterocycles. The Labute approximate surface area is 137 Å². The van der Waals surface area contributed by atoms with Crippen molar-refractivity contribution < 1.29 is 8.78 Å². The van der Waals surface area contributed by atoms with E-state index in [0.29, 0.717) is 10.9 Å². The molecular weight excluding hydrogens is 308 g/mol. The molecule has 0 bridgehead atoms. The van der Waals surface area contributed by atoms with Crippen LogP contribution in [0.1, 0.15) is 25.1 Å². The molecule has 2 aromatic heterocycles. The van der Waals surface area contributed by atoms with Crippen molar-refractivity contribution in [3.63, 3.8) is 0 Å². The van der Waals surface area contributed by atoms with Crippen molar-refractivity contribution in [2.24, 2.45) is 0 Å². The van der Waals surface area contributed by atoms with Crippen molar-refractivity contribution in [2.75, 3.05) is 0 Å². The standard InChI is InChI=1S/C19H17F2N3/c1-11-6-4-9-15-13(10-22-24(11)15)17-12-7-5-8-14(20)16(12)18(21)19(2,3)23-17/h4-10,23H,1-3H3. The molecule has 0 spiro atoms. The van der Waals surface area contributed by atoms with Gasteiger partial charge in [-0.05, 0) is 39.0 Å². The number of hydrogen-bond donors (Lipinski definition) is 1. The normalized spacial score (nSPS) is 16.2. The minimum atomic E-state index is -0.997. The smallest absolute Gasteiger partial charge is 0.135 e. The van der Waals surface area contributed by atoms with E-state index in [1.807, 2.05) is 29.6 Å². The lowest BCUT2D eigenvalue weighted by molar-refractivity contribution is 0.479. The number of hydrogen-bond acceptors (Lipinski definition) is 2. The zero-order chi connectivity index (χ0) is 17.1. The number of aryl methyl sites for hydroxylation is 1. The number of fused-ring (bicyclic) bond motifs is 2. The first kappa shape index (κ1) is 14.9. The molecule has 1 aromatic carbocycles. The number of rotatable bonds is 1. The van der Waals surface area contributed by atoms with E-state index in [1.165, 1.54) is 6.07 Å². The van der Waals surface area contributed by atoms with Gasteiger partial charge in [-0.15, -0.1) is 0 Å². The summed E-state index contributed by atoms with van der Waals surface area (Å²) in [4.78, 5) is 0. The van der Waals surface area contributed by atoms with Crippen LogP contribution in [0.4, 0.5) is 8.78 Å². The summed E-state index contributed by atoms with van der Waals surface area (Å²) < 4.78 is 30.9. The zero-order valence-electron chi connectivity index (χ0n) is 13.7. The highest BCUT2D eigenvalue weighted by Gasteiger charge is 2.31. The van der Waals surface area contributed by atoms with Crippen LogP contribution in [0.15, 0.2) is 42.6 Å². The van der Waals surface area contributed by atoms with E-state index < -0.39 is 17.2 Å². The van der Waals surface area contributed by atoms with E-state index in [2.05, 4.69) is 10.4 Å². The Morgan fingerprint density at radius 1 is 1.08 bits per heavy atom. The first-order valence-corrected chi connectivity index (χ1v) is 7.81. The highest BCUT2D eigenvalue weighted by Crippen LogP contribution is 2.26. The number of halogens is 2. The van der Waals surface area contributed by atoms with Gasteiger partial charge in [-0.1, -0.05) is 18.2 Å². The van der Waals surface area contributed by atoms with Crippen LogP contribution < -0.4 is 15.8 Å². The average molecular weight is 325 g/mol. The molecule has 0 aliphatic carbocycles. The van der Waals surface area contributed by atoms with Crippen LogP contribution in [0.5, 0.6) is 0 Å². The minimum Gasteiger partial charge on any atom is -0.373 e. The SMILES string of the molecule is Cc1cccc2c(C3=c4cccc(F)c4=C(F)C(C)(C)N3)cnn12. The highest BCUT2D eigenvalue weighted by atomic mass is 19.1. The topological polar surface area (TPSA) is 29.3 Å². The number of nitrogens with zero attached hydrogens (tertiary/aromatic N) is 2. The Bertz CT molecular complexity index is 1090. The van der Waals surface area contributed by atoms with Crippen LogP contribution in [-0.2, 0) is 0 Å². The van der Waals surface area contributed by atoms with E-state index >= 15 is 0 Å². The summed E-state index contributed by atoms with van der Waals surface area (Å²) in [5.41, 5.74) is 2.41. The van der Waals surface area contributed by atoms with Gasteiger partial charge in [-0.25, -0.2) is 13.3 Å². The molecular formula is C19H17F2N3. The van der Waals surface area contributed by atoms with Gasteiger partial charge in [0.25, 0.3) is 0 Å². The molecule has 4 rings (SSSR count). The van der Waals surface area contributed by atoms with E-state index in [9.17, 15) is 8.78 Å². The molecule has 3 aromatic rings. The molecule has 24 heavy (non-hydrogen) atoms. The maximum absolute atomic E-state index is 14.8. The zero-order valence-corrected chi connectivity index (χ0v) is 13.7. The van der Waals surface area contributed by atoms with Gasteiger partial charge in [0.2, 0.25) is 0 Å². The van der Waals surface area contributed by atoms with Crippen molar-refractivity contribution in [2.45, 2.75) is 26.3 Å². The van der Waals surface area contributed by atoms with Gasteiger partial charge in [0, 0.05) is 16.5 Å². The van der Waals surface area contributed by atoms with Crippen molar-refractivity contribution in [1.82, 2.24) is 14.9 Å². The van der Waals surface area contributed by atoms with E-state index in [4.69, 9.17) is 0 Å². The van der Waals surface area contributed by atoms with E-state index in [0.717, 1.165) is 16.8 Å². The monoisotopic (exact) mass is 325 g/mol. The number of benzene rings is 1. The molecule has 122 valence electrons. The molecule has 0 saturated heterocycles. The quantitative estimate of drug-likeness (QED) is 0.744. The van der Waals surface area contributed by atoms with Crippen LogP contribution in [0.3, 0.4) is 0 Å². The lowest BCUT2D eigenvalue weighted by Crippen LogP contribution is -2.52. The molecule has 0 saturated carbocycles. The number of aromatic nitrogens is 2. The van der Waals surface area contributed by atoms with Crippen molar-refractivity contribution >= 4 is 17.0 Å².